The van der Waals surface area contributed by atoms with Crippen LogP contribution in [0, 0.1) is 17.6 Å². The molecule has 3 aromatic rings. The van der Waals surface area contributed by atoms with Gasteiger partial charge in [0, 0.05) is 15.7 Å². The number of ether oxygens (including phenoxy) is 1. The van der Waals surface area contributed by atoms with Gasteiger partial charge in [0.2, 0.25) is 5.91 Å². The number of alkyl halides is 2. The van der Waals surface area contributed by atoms with Crippen molar-refractivity contribution >= 4 is 69.8 Å². The van der Waals surface area contributed by atoms with E-state index in [4.69, 9.17) is 39.5 Å². The molecule has 0 spiro atoms. The largest absolute Gasteiger partial charge is 0.444 e. The summed E-state index contributed by atoms with van der Waals surface area (Å²) in [5.74, 6) is -11.0. The smallest absolute Gasteiger partial charge is 0.412 e. The topological polar surface area (TPSA) is 96.5 Å². The van der Waals surface area contributed by atoms with Crippen LogP contribution in [0.25, 0.3) is 0 Å². The zero-order valence-electron chi connectivity index (χ0n) is 22.1. The molecule has 0 aromatic heterocycles. The third-order valence-electron chi connectivity index (χ3n) is 6.02. The zero-order chi connectivity index (χ0) is 31.1. The summed E-state index contributed by atoms with van der Waals surface area (Å²) in [7, 11) is 0. The Balaban J connectivity index is 1.50. The molecule has 0 aliphatic heterocycles. The fraction of sp³-hybridized carbons (Fsp3) is 0.250. The number of amides is 3. The molecule has 0 heterocycles. The second-order valence-corrected chi connectivity index (χ2v) is 11.7. The van der Waals surface area contributed by atoms with Crippen LogP contribution in [-0.4, -0.2) is 29.4 Å². The van der Waals surface area contributed by atoms with E-state index in [9.17, 15) is 27.6 Å². The highest BCUT2D eigenvalue weighted by atomic mass is 35.5. The predicted molar refractivity (Wildman–Crippen MR) is 152 cm³/mol. The molecule has 1 aliphatic rings. The fourth-order valence-corrected chi connectivity index (χ4v) is 4.92. The van der Waals surface area contributed by atoms with E-state index < -0.39 is 64.3 Å². The number of nitrogens with one attached hydrogen (secondary N) is 3. The quantitative estimate of drug-likeness (QED) is 0.234. The van der Waals surface area contributed by atoms with E-state index >= 15 is 4.39 Å². The monoisotopic (exact) mass is 645 g/mol. The second-order valence-electron chi connectivity index (χ2n) is 10.4. The number of anilines is 3. The van der Waals surface area contributed by atoms with Crippen molar-refractivity contribution in [2.24, 2.45) is 5.92 Å². The summed E-state index contributed by atoms with van der Waals surface area (Å²) in [6.45, 7) is 4.67. The molecule has 7 nitrogen and oxygen atoms in total. The van der Waals surface area contributed by atoms with Crippen LogP contribution in [0.4, 0.5) is 39.4 Å². The molecule has 222 valence electrons. The zero-order valence-corrected chi connectivity index (χ0v) is 24.3. The third kappa shape index (κ3) is 6.91. The summed E-state index contributed by atoms with van der Waals surface area (Å²) in [6.07, 6.45) is -1.13. The Morgan fingerprint density at radius 2 is 1.52 bits per heavy atom. The Kier molecular flexibility index (Phi) is 8.69. The minimum Gasteiger partial charge on any atom is -0.444 e. The van der Waals surface area contributed by atoms with Crippen LogP contribution in [0.5, 0.6) is 0 Å². The number of benzene rings is 3. The van der Waals surface area contributed by atoms with Crippen LogP contribution < -0.4 is 16.0 Å². The van der Waals surface area contributed by atoms with Crippen LogP contribution in [0.2, 0.25) is 15.1 Å². The Morgan fingerprint density at radius 3 is 2.14 bits per heavy atom. The van der Waals surface area contributed by atoms with Crippen LogP contribution in [-0.2, 0) is 9.53 Å². The van der Waals surface area contributed by atoms with Crippen molar-refractivity contribution < 1.29 is 36.7 Å². The lowest BCUT2D eigenvalue weighted by Gasteiger charge is -2.20. The molecule has 1 fully saturated rings. The number of rotatable bonds is 6. The van der Waals surface area contributed by atoms with Gasteiger partial charge >= 0.3 is 6.09 Å². The molecular weight excluding hydrogens is 625 g/mol. The molecule has 0 saturated heterocycles. The average Bonchev–Trinajstić information content (AvgIpc) is 3.45. The highest BCUT2D eigenvalue weighted by molar-refractivity contribution is 6.35. The lowest BCUT2D eigenvalue weighted by Crippen LogP contribution is -2.28. The minimum atomic E-state index is -3.38. The van der Waals surface area contributed by atoms with Crippen LogP contribution in [0.3, 0.4) is 0 Å². The maximum Gasteiger partial charge on any atom is 0.412 e. The van der Waals surface area contributed by atoms with E-state index in [1.165, 1.54) is 30.3 Å². The van der Waals surface area contributed by atoms with Gasteiger partial charge in [-0.3, -0.25) is 14.9 Å². The fourth-order valence-electron chi connectivity index (χ4n) is 4.18. The Bertz CT molecular complexity index is 1580. The van der Waals surface area contributed by atoms with Crippen molar-refractivity contribution in [1.82, 2.24) is 0 Å². The summed E-state index contributed by atoms with van der Waals surface area (Å²) in [5.41, 5.74) is -2.55. The Morgan fingerprint density at radius 1 is 0.881 bits per heavy atom. The average molecular weight is 647 g/mol. The van der Waals surface area contributed by atoms with Gasteiger partial charge in [-0.05, 0) is 74.9 Å². The molecule has 3 aromatic carbocycles. The first-order chi connectivity index (χ1) is 19.5. The first kappa shape index (κ1) is 31.4. The van der Waals surface area contributed by atoms with Crippen molar-refractivity contribution in [3.63, 3.8) is 0 Å². The van der Waals surface area contributed by atoms with E-state index in [1.807, 2.05) is 5.32 Å². The Hall–Kier alpha value is -3.54. The molecule has 3 N–H and O–H groups in total. The highest BCUT2D eigenvalue weighted by Crippen LogP contribution is 2.62. The maximum absolute atomic E-state index is 15.0. The molecule has 0 radical (unpaired) electrons. The number of hydrogen-bond acceptors (Lipinski definition) is 4. The van der Waals surface area contributed by atoms with Crippen LogP contribution in [0.15, 0.2) is 48.5 Å². The minimum absolute atomic E-state index is 0.0491. The lowest BCUT2D eigenvalue weighted by molar-refractivity contribution is -0.119. The van der Waals surface area contributed by atoms with Gasteiger partial charge in [0.05, 0.1) is 22.2 Å². The van der Waals surface area contributed by atoms with Gasteiger partial charge in [-0.2, -0.15) is 0 Å². The van der Waals surface area contributed by atoms with E-state index in [0.29, 0.717) is 0 Å². The Labute approximate surface area is 252 Å². The van der Waals surface area contributed by atoms with E-state index in [2.05, 4.69) is 10.6 Å². The molecule has 42 heavy (non-hydrogen) atoms. The van der Waals surface area contributed by atoms with Gasteiger partial charge in [-0.1, -0.05) is 34.8 Å². The molecule has 2 atom stereocenters. The van der Waals surface area contributed by atoms with Crippen molar-refractivity contribution in [2.45, 2.75) is 38.2 Å². The van der Waals surface area contributed by atoms with E-state index in [-0.39, 0.29) is 31.9 Å². The molecule has 0 bridgehead atoms. The van der Waals surface area contributed by atoms with Gasteiger partial charge in [-0.25, -0.2) is 22.4 Å². The van der Waals surface area contributed by atoms with Crippen LogP contribution >= 0.6 is 34.8 Å². The first-order valence-electron chi connectivity index (χ1n) is 12.2. The van der Waals surface area contributed by atoms with Crippen molar-refractivity contribution in [1.29, 1.82) is 0 Å². The summed E-state index contributed by atoms with van der Waals surface area (Å²) in [5, 5.41) is 6.66. The molecule has 1 saturated carbocycles. The van der Waals surface area contributed by atoms with Gasteiger partial charge in [-0.15, -0.1) is 0 Å². The normalized spacial score (nSPS) is 17.3. The molecule has 14 heteroatoms. The SMILES string of the molecule is CC(C)(C)OC(=O)Nc1c(F)ccc(NC(=O)c2cc(NC(=O)[C@H]3[C@H](c4cc(Cl)cc(Cl)c4)C3(F)F)ccc2Cl)c1F. The van der Waals surface area contributed by atoms with E-state index in [0.717, 1.165) is 18.2 Å². The molecule has 4 rings (SSSR count). The van der Waals surface area contributed by atoms with Crippen molar-refractivity contribution in [3.05, 3.63) is 86.4 Å². The standard InChI is InChI=1S/C28H22Cl3F4N3O4/c1-27(2,3)42-26(41)38-23-18(32)6-7-19(22(23)33)37-24(39)16-11-15(4-5-17(16)31)36-25(40)21-20(28(21,34)35)12-8-13(29)10-14(30)9-12/h4-11,20-21H,1-3H3,(H,36,40)(H,37,39)(H,38,41)/t20-,21+/m0/s1. The highest BCUT2D eigenvalue weighted by Gasteiger charge is 2.72. The van der Waals surface area contributed by atoms with Gasteiger partial charge in [0.25, 0.3) is 11.8 Å². The summed E-state index contributed by atoms with van der Waals surface area (Å²) in [6, 6.07) is 9.30. The summed E-state index contributed by atoms with van der Waals surface area (Å²) >= 11 is 18.0. The number of halogens is 7. The molecule has 3 amide bonds. The number of carbonyl (C=O) groups excluding carboxylic acids is 3. The van der Waals surface area contributed by atoms with Gasteiger partial charge < -0.3 is 15.4 Å². The summed E-state index contributed by atoms with van der Waals surface area (Å²) in [4.78, 5) is 37.7. The van der Waals surface area contributed by atoms with Gasteiger partial charge in [0.1, 0.15) is 23.0 Å². The van der Waals surface area contributed by atoms with E-state index in [1.54, 1.807) is 20.8 Å². The third-order valence-corrected chi connectivity index (χ3v) is 6.79. The second kappa shape index (κ2) is 11.6. The first-order valence-corrected chi connectivity index (χ1v) is 13.3. The molecule has 0 unspecified atom stereocenters. The number of carbonyl (C=O) groups is 3. The predicted octanol–water partition coefficient (Wildman–Crippen LogP) is 8.51. The molecule has 1 aliphatic carbocycles. The lowest BCUT2D eigenvalue weighted by atomic mass is 10.1. The number of hydrogen-bond donors (Lipinski definition) is 3. The van der Waals surface area contributed by atoms with Crippen molar-refractivity contribution in [2.75, 3.05) is 16.0 Å². The van der Waals surface area contributed by atoms with Gasteiger partial charge in [0.15, 0.2) is 5.82 Å². The maximum atomic E-state index is 15.0. The van der Waals surface area contributed by atoms with Crippen LogP contribution in [0.1, 0.15) is 42.6 Å². The van der Waals surface area contributed by atoms with Crippen molar-refractivity contribution in [3.8, 4) is 0 Å². The summed E-state index contributed by atoms with van der Waals surface area (Å²) < 4.78 is 63.5. The molecular formula is C28H22Cl3F4N3O4.